The smallest absolute Gasteiger partial charge is 0.200 e. The summed E-state index contributed by atoms with van der Waals surface area (Å²) in [5, 5.41) is 1.59. The summed E-state index contributed by atoms with van der Waals surface area (Å²) in [5.41, 5.74) is 4.44. The molecule has 2 N–H and O–H groups in total. The highest BCUT2D eigenvalue weighted by molar-refractivity contribution is 7.10. The Morgan fingerprint density at radius 2 is 1.42 bits per heavy atom. The molecule has 0 saturated heterocycles. The summed E-state index contributed by atoms with van der Waals surface area (Å²) in [7, 11) is 0. The van der Waals surface area contributed by atoms with Crippen molar-refractivity contribution in [1.82, 2.24) is 0 Å². The van der Waals surface area contributed by atoms with Gasteiger partial charge >= 0.3 is 0 Å². The van der Waals surface area contributed by atoms with Gasteiger partial charge in [0.15, 0.2) is 23.3 Å². The highest BCUT2D eigenvalue weighted by atomic mass is 35.5. The van der Waals surface area contributed by atoms with Gasteiger partial charge in [0.25, 0.3) is 0 Å². The molecule has 1 heterocycles. The van der Waals surface area contributed by atoms with Crippen LogP contribution < -0.4 is 5.73 Å². The van der Waals surface area contributed by atoms with Crippen LogP contribution in [0, 0.1) is 29.1 Å². The van der Waals surface area contributed by atoms with Gasteiger partial charge in [-0.25, -0.2) is 22.0 Å². The molecule has 102 valence electrons. The molecule has 0 fully saturated rings. The largest absolute Gasteiger partial charge is 0.319 e. The second-order valence-corrected chi connectivity index (χ2v) is 4.95. The second-order valence-electron chi connectivity index (χ2n) is 3.59. The molecular formula is C11H5ClF5NS. The van der Waals surface area contributed by atoms with E-state index in [-0.39, 0.29) is 9.90 Å². The quantitative estimate of drug-likeness (QED) is 0.503. The van der Waals surface area contributed by atoms with Crippen LogP contribution in [0.5, 0.6) is 0 Å². The van der Waals surface area contributed by atoms with E-state index < -0.39 is 40.7 Å². The molecule has 0 bridgehead atoms. The predicted octanol–water partition coefficient (Wildman–Crippen LogP) is 4.15. The van der Waals surface area contributed by atoms with Crippen molar-refractivity contribution in [3.63, 3.8) is 0 Å². The molecule has 1 aromatic carbocycles. The predicted molar refractivity (Wildman–Crippen MR) is 61.6 cm³/mol. The molecule has 2 rings (SSSR count). The number of hydrogen-bond donors (Lipinski definition) is 1. The molecule has 1 atom stereocenters. The van der Waals surface area contributed by atoms with Gasteiger partial charge in [0.05, 0.1) is 16.6 Å². The lowest BCUT2D eigenvalue weighted by molar-refractivity contribution is 0.367. The minimum Gasteiger partial charge on any atom is -0.319 e. The highest BCUT2D eigenvalue weighted by Crippen LogP contribution is 2.35. The zero-order valence-corrected chi connectivity index (χ0v) is 10.6. The number of hydrogen-bond acceptors (Lipinski definition) is 2. The molecular weight excluding hydrogens is 309 g/mol. The topological polar surface area (TPSA) is 26.0 Å². The van der Waals surface area contributed by atoms with Crippen LogP contribution in [0.2, 0.25) is 5.02 Å². The fourth-order valence-corrected chi connectivity index (χ4v) is 2.74. The molecule has 0 aliphatic rings. The zero-order valence-electron chi connectivity index (χ0n) is 8.99. The molecule has 0 aliphatic carbocycles. The van der Waals surface area contributed by atoms with E-state index in [1.165, 1.54) is 11.4 Å². The lowest BCUT2D eigenvalue weighted by Crippen LogP contribution is -2.18. The van der Waals surface area contributed by atoms with Crippen molar-refractivity contribution in [3.05, 3.63) is 56.0 Å². The van der Waals surface area contributed by atoms with Crippen LogP contribution in [0.25, 0.3) is 0 Å². The fourth-order valence-electron chi connectivity index (χ4n) is 1.55. The van der Waals surface area contributed by atoms with Crippen LogP contribution in [-0.4, -0.2) is 0 Å². The Morgan fingerprint density at radius 3 is 1.84 bits per heavy atom. The summed E-state index contributed by atoms with van der Waals surface area (Å²) >= 11 is 6.68. The van der Waals surface area contributed by atoms with Gasteiger partial charge in [-0.2, -0.15) is 0 Å². The maximum Gasteiger partial charge on any atom is 0.200 e. The fraction of sp³-hybridized carbons (Fsp3) is 0.0909. The summed E-state index contributed by atoms with van der Waals surface area (Å²) in [6.07, 6.45) is 0. The maximum absolute atomic E-state index is 13.5. The van der Waals surface area contributed by atoms with Gasteiger partial charge in [0.1, 0.15) is 0 Å². The van der Waals surface area contributed by atoms with Crippen molar-refractivity contribution in [2.45, 2.75) is 6.04 Å². The van der Waals surface area contributed by atoms with Crippen LogP contribution in [0.15, 0.2) is 11.4 Å². The Bertz CT molecular complexity index is 613. The zero-order chi connectivity index (χ0) is 14.3. The van der Waals surface area contributed by atoms with E-state index in [2.05, 4.69) is 0 Å². The van der Waals surface area contributed by atoms with E-state index in [9.17, 15) is 22.0 Å². The van der Waals surface area contributed by atoms with Gasteiger partial charge in [-0.15, -0.1) is 11.3 Å². The lowest BCUT2D eigenvalue weighted by Gasteiger charge is -2.14. The first-order valence-corrected chi connectivity index (χ1v) is 6.11. The Kier molecular flexibility index (Phi) is 3.80. The second kappa shape index (κ2) is 5.07. The van der Waals surface area contributed by atoms with Gasteiger partial charge in [-0.1, -0.05) is 11.6 Å². The van der Waals surface area contributed by atoms with E-state index in [1.807, 2.05) is 0 Å². The third kappa shape index (κ3) is 2.22. The van der Waals surface area contributed by atoms with Crippen molar-refractivity contribution < 1.29 is 22.0 Å². The molecule has 1 unspecified atom stereocenters. The Morgan fingerprint density at radius 1 is 0.947 bits per heavy atom. The third-order valence-electron chi connectivity index (χ3n) is 2.48. The van der Waals surface area contributed by atoms with Gasteiger partial charge in [-0.05, 0) is 11.4 Å². The van der Waals surface area contributed by atoms with Crippen molar-refractivity contribution in [3.8, 4) is 0 Å². The van der Waals surface area contributed by atoms with Gasteiger partial charge < -0.3 is 5.73 Å². The van der Waals surface area contributed by atoms with E-state index in [4.69, 9.17) is 17.3 Å². The van der Waals surface area contributed by atoms with E-state index in [0.717, 1.165) is 11.3 Å². The molecule has 2 aromatic rings. The average molecular weight is 314 g/mol. The Labute approximate surface area is 113 Å². The number of nitrogens with two attached hydrogens (primary N) is 1. The first kappa shape index (κ1) is 14.2. The van der Waals surface area contributed by atoms with E-state index >= 15 is 0 Å². The summed E-state index contributed by atoms with van der Waals surface area (Å²) < 4.78 is 66.1. The minimum atomic E-state index is -2.22. The maximum atomic E-state index is 13.5. The highest BCUT2D eigenvalue weighted by Gasteiger charge is 2.30. The number of rotatable bonds is 2. The minimum absolute atomic E-state index is 0.0986. The molecule has 1 nitrogen and oxygen atoms in total. The summed E-state index contributed by atoms with van der Waals surface area (Å²) in [6.45, 7) is 0. The molecule has 8 heteroatoms. The van der Waals surface area contributed by atoms with Crippen molar-refractivity contribution in [1.29, 1.82) is 0 Å². The van der Waals surface area contributed by atoms with E-state index in [1.54, 1.807) is 0 Å². The third-order valence-corrected chi connectivity index (χ3v) is 3.92. The molecule has 19 heavy (non-hydrogen) atoms. The van der Waals surface area contributed by atoms with Crippen molar-refractivity contribution in [2.24, 2.45) is 5.73 Å². The van der Waals surface area contributed by atoms with Gasteiger partial charge in [0, 0.05) is 4.88 Å². The van der Waals surface area contributed by atoms with Gasteiger partial charge in [0.2, 0.25) is 5.82 Å². The van der Waals surface area contributed by atoms with Crippen LogP contribution in [0.1, 0.15) is 16.5 Å². The van der Waals surface area contributed by atoms with Gasteiger partial charge in [-0.3, -0.25) is 0 Å². The molecule has 1 aromatic heterocycles. The van der Waals surface area contributed by atoms with Crippen LogP contribution in [-0.2, 0) is 0 Å². The Hall–Kier alpha value is -1.18. The van der Waals surface area contributed by atoms with Crippen molar-refractivity contribution in [2.75, 3.05) is 0 Å². The van der Waals surface area contributed by atoms with Crippen LogP contribution in [0.3, 0.4) is 0 Å². The van der Waals surface area contributed by atoms with E-state index in [0.29, 0.717) is 0 Å². The molecule has 0 radical (unpaired) electrons. The first-order valence-electron chi connectivity index (χ1n) is 4.86. The summed E-state index contributed by atoms with van der Waals surface area (Å²) in [4.78, 5) is 0.116. The molecule has 0 aliphatic heterocycles. The number of thiophene rings is 1. The summed E-state index contributed by atoms with van der Waals surface area (Å²) in [5.74, 6) is -10.2. The monoisotopic (exact) mass is 313 g/mol. The standard InChI is InChI=1S/C11H5ClF5NS/c12-3-1-2-19-11(3)10(18)4-5(13)7(15)9(17)8(16)6(4)14/h1-2,10H,18H2. The lowest BCUT2D eigenvalue weighted by atomic mass is 10.0. The van der Waals surface area contributed by atoms with Crippen LogP contribution in [0.4, 0.5) is 22.0 Å². The SMILES string of the molecule is NC(c1sccc1Cl)c1c(F)c(F)c(F)c(F)c1F. The molecule has 0 saturated carbocycles. The Balaban J connectivity index is 2.67. The number of benzene rings is 1. The first-order chi connectivity index (χ1) is 8.86. The normalized spacial score (nSPS) is 12.8. The number of halogens is 6. The van der Waals surface area contributed by atoms with Crippen LogP contribution >= 0.6 is 22.9 Å². The van der Waals surface area contributed by atoms with Crippen molar-refractivity contribution >= 4 is 22.9 Å². The average Bonchev–Trinajstić information content (AvgIpc) is 2.80. The summed E-state index contributed by atoms with van der Waals surface area (Å²) in [6, 6.07) is -0.120. The molecule has 0 spiro atoms. The molecule has 0 amide bonds.